The van der Waals surface area contributed by atoms with Gasteiger partial charge < -0.3 is 0 Å². The molecular formula is C6H4F10. The Balaban J connectivity index is 0. The largest absolute Gasteiger partial charge is 0.416 e. The van der Waals surface area contributed by atoms with E-state index in [1.807, 2.05) is 0 Å². The Morgan fingerprint density at radius 1 is 0.625 bits per heavy atom. The third kappa shape index (κ3) is 23.1. The zero-order valence-electron chi connectivity index (χ0n) is 7.14. The van der Waals surface area contributed by atoms with Crippen molar-refractivity contribution in [2.45, 2.75) is 18.5 Å². The lowest BCUT2D eigenvalue weighted by Crippen LogP contribution is -2.08. The third-order valence-electron chi connectivity index (χ3n) is 0.613. The van der Waals surface area contributed by atoms with Crippen molar-refractivity contribution >= 4 is 0 Å². The summed E-state index contributed by atoms with van der Waals surface area (Å²) in [6.07, 6.45) is -16.1. The molecule has 0 saturated heterocycles. The molecule has 0 atom stereocenters. The van der Waals surface area contributed by atoms with Gasteiger partial charge in [-0.3, -0.25) is 0 Å². The van der Waals surface area contributed by atoms with E-state index in [1.54, 1.807) is 0 Å². The Labute approximate surface area is 82.5 Å². The molecule has 98 valence electrons. The number of allylic oxidation sites excluding steroid dienone is 2. The van der Waals surface area contributed by atoms with Crippen molar-refractivity contribution in [2.24, 2.45) is 0 Å². The molecule has 0 amide bonds. The van der Waals surface area contributed by atoms with E-state index in [-0.39, 0.29) is 0 Å². The van der Waals surface area contributed by atoms with Crippen LogP contribution in [0.2, 0.25) is 0 Å². The van der Waals surface area contributed by atoms with Gasteiger partial charge in [-0.2, -0.15) is 39.5 Å². The average molecular weight is 266 g/mol. The monoisotopic (exact) mass is 266 g/mol. The highest BCUT2D eigenvalue weighted by Crippen LogP contribution is 2.22. The van der Waals surface area contributed by atoms with E-state index in [2.05, 4.69) is 0 Å². The van der Waals surface area contributed by atoms with E-state index in [0.29, 0.717) is 0 Å². The van der Waals surface area contributed by atoms with Crippen LogP contribution >= 0.6 is 0 Å². The molecule has 0 N–H and O–H groups in total. The minimum absolute atomic E-state index is 0.854. The van der Waals surface area contributed by atoms with Gasteiger partial charge in [0.2, 0.25) is 0 Å². The van der Waals surface area contributed by atoms with Crippen LogP contribution in [-0.4, -0.2) is 25.2 Å². The number of alkyl halides is 10. The topological polar surface area (TPSA) is 0 Å². The molecule has 0 aromatic rings. The summed E-state index contributed by atoms with van der Waals surface area (Å²) in [4.78, 5) is 0. The second-order valence-electron chi connectivity index (χ2n) is 2.17. The molecule has 0 heterocycles. The van der Waals surface area contributed by atoms with Crippen LogP contribution in [0.15, 0.2) is 12.2 Å². The summed E-state index contributed by atoms with van der Waals surface area (Å²) in [6.45, 7) is -2.23. The fourth-order valence-electron chi connectivity index (χ4n) is 0.189. The predicted octanol–water partition coefficient (Wildman–Crippen LogP) is 4.19. The molecule has 0 rings (SSSR count). The molecule has 0 aromatic carbocycles. The van der Waals surface area contributed by atoms with Gasteiger partial charge in [-0.15, -0.1) is 0 Å². The summed E-state index contributed by atoms with van der Waals surface area (Å²) < 4.78 is 108. The van der Waals surface area contributed by atoms with Gasteiger partial charge in [0, 0.05) is 12.2 Å². The van der Waals surface area contributed by atoms with Crippen molar-refractivity contribution in [3.63, 3.8) is 0 Å². The van der Waals surface area contributed by atoms with E-state index in [0.717, 1.165) is 0 Å². The first-order valence-electron chi connectivity index (χ1n) is 3.23. The lowest BCUT2D eigenvalue weighted by Gasteiger charge is -1.99. The summed E-state index contributed by atoms with van der Waals surface area (Å²) in [5, 5.41) is 0. The van der Waals surface area contributed by atoms with Gasteiger partial charge in [0.05, 0.1) is 0 Å². The molecular weight excluding hydrogens is 262 g/mol. The maximum atomic E-state index is 11.0. The Morgan fingerprint density at radius 2 is 0.812 bits per heavy atom. The van der Waals surface area contributed by atoms with Crippen LogP contribution in [0.25, 0.3) is 0 Å². The lowest BCUT2D eigenvalue weighted by molar-refractivity contribution is -0.142. The number of halogens is 10. The maximum Gasteiger partial charge on any atom is 0.416 e. The molecule has 0 aliphatic carbocycles. The zero-order chi connectivity index (χ0) is 13.6. The predicted molar refractivity (Wildman–Crippen MR) is 33.3 cm³/mol. The molecule has 0 aliphatic heterocycles. The van der Waals surface area contributed by atoms with Crippen LogP contribution in [0.3, 0.4) is 0 Å². The Kier molecular flexibility index (Phi) is 6.48. The van der Waals surface area contributed by atoms with Gasteiger partial charge in [0.25, 0.3) is 0 Å². The van der Waals surface area contributed by atoms with Crippen LogP contribution in [0.4, 0.5) is 43.9 Å². The molecule has 0 saturated carbocycles. The first-order valence-corrected chi connectivity index (χ1v) is 3.23. The highest BCUT2D eigenvalue weighted by atomic mass is 19.4. The van der Waals surface area contributed by atoms with Gasteiger partial charge in [-0.1, -0.05) is 0 Å². The molecule has 0 unspecified atom stereocenters. The number of hydrogen-bond acceptors (Lipinski definition) is 0. The maximum absolute atomic E-state index is 11.0. The van der Waals surface area contributed by atoms with Gasteiger partial charge in [-0.25, -0.2) is 4.39 Å². The Hall–Kier alpha value is -0.960. The van der Waals surface area contributed by atoms with E-state index in [1.165, 1.54) is 0 Å². The van der Waals surface area contributed by atoms with Crippen LogP contribution < -0.4 is 0 Å². The van der Waals surface area contributed by atoms with Crippen molar-refractivity contribution in [3.05, 3.63) is 12.2 Å². The summed E-state index contributed by atoms with van der Waals surface area (Å²) >= 11 is 0. The fraction of sp³-hybridized carbons (Fsp3) is 0.667. The van der Waals surface area contributed by atoms with Gasteiger partial charge in [0.15, 0.2) is 6.67 Å². The molecule has 0 radical (unpaired) electrons. The van der Waals surface area contributed by atoms with Crippen LogP contribution in [-0.2, 0) is 0 Å². The van der Waals surface area contributed by atoms with Crippen molar-refractivity contribution in [1.29, 1.82) is 0 Å². The molecule has 0 nitrogen and oxygen atoms in total. The molecule has 0 aromatic heterocycles. The van der Waals surface area contributed by atoms with Gasteiger partial charge in [0.1, 0.15) is 0 Å². The normalized spacial score (nSPS) is 13.6. The molecule has 0 fully saturated rings. The number of hydrogen-bond donors (Lipinski definition) is 0. The number of rotatable bonds is 0. The van der Waals surface area contributed by atoms with Crippen LogP contribution in [0.1, 0.15) is 0 Å². The highest BCUT2D eigenvalue weighted by Gasteiger charge is 2.29. The van der Waals surface area contributed by atoms with E-state index >= 15 is 0 Å². The molecule has 0 spiro atoms. The SMILES string of the molecule is FC(F)(F)/C=C/C(F)(F)F.FCC(F)(F)F. The van der Waals surface area contributed by atoms with E-state index in [9.17, 15) is 43.9 Å². The minimum Gasteiger partial charge on any atom is -0.241 e. The molecule has 16 heavy (non-hydrogen) atoms. The lowest BCUT2D eigenvalue weighted by atomic mass is 10.5. The van der Waals surface area contributed by atoms with Gasteiger partial charge >= 0.3 is 18.5 Å². The zero-order valence-corrected chi connectivity index (χ0v) is 7.14. The van der Waals surface area contributed by atoms with Crippen molar-refractivity contribution in [2.75, 3.05) is 6.67 Å². The summed E-state index contributed by atoms with van der Waals surface area (Å²) in [5.74, 6) is 0. The second-order valence-corrected chi connectivity index (χ2v) is 2.17. The second kappa shape index (κ2) is 5.94. The molecule has 10 heteroatoms. The standard InChI is InChI=1S/C4H2F6.C2H2F4/c5-3(6,7)1-2-4(8,9)10;3-1-2(4,5)6/h1-2H;1H2/b2-1+;. The van der Waals surface area contributed by atoms with Crippen molar-refractivity contribution in [3.8, 4) is 0 Å². The van der Waals surface area contributed by atoms with Crippen molar-refractivity contribution < 1.29 is 43.9 Å². The van der Waals surface area contributed by atoms with Crippen molar-refractivity contribution in [1.82, 2.24) is 0 Å². The average Bonchev–Trinajstić information content (AvgIpc) is 1.98. The fourth-order valence-corrected chi connectivity index (χ4v) is 0.189. The highest BCUT2D eigenvalue weighted by molar-refractivity contribution is 4.93. The Morgan fingerprint density at radius 3 is 0.875 bits per heavy atom. The summed E-state index contributed by atoms with van der Waals surface area (Å²) in [6, 6.07) is 0. The third-order valence-corrected chi connectivity index (χ3v) is 0.613. The minimum atomic E-state index is -4.89. The Bertz CT molecular complexity index is 187. The van der Waals surface area contributed by atoms with Gasteiger partial charge in [-0.05, 0) is 0 Å². The van der Waals surface area contributed by atoms with E-state index in [4.69, 9.17) is 0 Å². The molecule has 0 bridgehead atoms. The van der Waals surface area contributed by atoms with Crippen LogP contribution in [0, 0.1) is 0 Å². The quantitative estimate of drug-likeness (QED) is 0.455. The van der Waals surface area contributed by atoms with E-state index < -0.39 is 37.4 Å². The smallest absolute Gasteiger partial charge is 0.241 e. The summed E-state index contributed by atoms with van der Waals surface area (Å²) in [5.41, 5.74) is 0. The summed E-state index contributed by atoms with van der Waals surface area (Å²) in [7, 11) is 0. The van der Waals surface area contributed by atoms with Crippen LogP contribution in [0.5, 0.6) is 0 Å². The first kappa shape index (κ1) is 17.4. The molecule has 0 aliphatic rings. The first-order chi connectivity index (χ1) is 6.77.